The Labute approximate surface area is 106 Å². The molecular weight excluding hydrogens is 230 g/mol. The normalized spacial score (nSPS) is 10.4. The lowest BCUT2D eigenvalue weighted by atomic mass is 10.4. The number of anilines is 1. The third-order valence-electron chi connectivity index (χ3n) is 2.33. The average molecular weight is 247 g/mol. The highest BCUT2D eigenvalue weighted by Gasteiger charge is 2.07. The molecule has 6 heteroatoms. The summed E-state index contributed by atoms with van der Waals surface area (Å²) in [5, 5.41) is 7.29. The summed E-state index contributed by atoms with van der Waals surface area (Å²) in [5.41, 5.74) is 1.76. The summed E-state index contributed by atoms with van der Waals surface area (Å²) < 4.78 is 7.39. The van der Waals surface area contributed by atoms with Crippen molar-refractivity contribution < 1.29 is 4.74 Å². The molecule has 0 fully saturated rings. The first kappa shape index (κ1) is 12.3. The van der Waals surface area contributed by atoms with Gasteiger partial charge in [0.2, 0.25) is 17.7 Å². The van der Waals surface area contributed by atoms with E-state index in [1.165, 1.54) is 0 Å². The Hall–Kier alpha value is -2.11. The average Bonchev–Trinajstić information content (AvgIpc) is 2.57. The summed E-state index contributed by atoms with van der Waals surface area (Å²) in [6.07, 6.45) is 0. The maximum absolute atomic E-state index is 5.71. The van der Waals surface area contributed by atoms with E-state index in [1.807, 2.05) is 33.9 Å². The largest absolute Gasteiger partial charge is 0.421 e. The second kappa shape index (κ2) is 5.03. The fourth-order valence-electron chi connectivity index (χ4n) is 1.62. The number of nitrogens with zero attached hydrogens (tertiary/aromatic N) is 4. The molecule has 0 aromatic carbocycles. The quantitative estimate of drug-likeness (QED) is 0.895. The molecule has 0 spiro atoms. The number of rotatable bonds is 4. The first-order valence-corrected chi connectivity index (χ1v) is 5.86. The molecule has 2 rings (SSSR count). The van der Waals surface area contributed by atoms with Gasteiger partial charge in [-0.1, -0.05) is 0 Å². The highest BCUT2D eigenvalue weighted by atomic mass is 16.5. The molecule has 0 radical (unpaired) electrons. The van der Waals surface area contributed by atoms with Gasteiger partial charge in [0.05, 0.1) is 5.69 Å². The first-order chi connectivity index (χ1) is 8.58. The predicted molar refractivity (Wildman–Crippen MR) is 69.0 cm³/mol. The number of hydrogen-bond donors (Lipinski definition) is 1. The lowest BCUT2D eigenvalue weighted by molar-refractivity contribution is 0.414. The molecule has 0 saturated carbocycles. The Kier molecular flexibility index (Phi) is 3.45. The van der Waals surface area contributed by atoms with Crippen LogP contribution in [0, 0.1) is 13.8 Å². The molecule has 0 aliphatic rings. The highest BCUT2D eigenvalue weighted by molar-refractivity contribution is 5.32. The molecule has 0 aliphatic carbocycles. The van der Waals surface area contributed by atoms with Crippen molar-refractivity contribution in [3.63, 3.8) is 0 Å². The molecule has 1 N–H and O–H groups in total. The van der Waals surface area contributed by atoms with Crippen LogP contribution >= 0.6 is 0 Å². The van der Waals surface area contributed by atoms with Crippen LogP contribution in [-0.4, -0.2) is 26.3 Å². The van der Waals surface area contributed by atoms with Crippen molar-refractivity contribution in [2.24, 2.45) is 7.05 Å². The Bertz CT molecular complexity index is 549. The van der Waals surface area contributed by atoms with E-state index in [9.17, 15) is 0 Å². The van der Waals surface area contributed by atoms with Crippen molar-refractivity contribution in [3.05, 3.63) is 23.5 Å². The van der Waals surface area contributed by atoms with Crippen molar-refractivity contribution in [1.82, 2.24) is 19.7 Å². The first-order valence-electron chi connectivity index (χ1n) is 5.86. The molecule has 0 aliphatic heterocycles. The number of nitrogens with one attached hydrogen (secondary N) is 1. The van der Waals surface area contributed by atoms with Crippen molar-refractivity contribution in [3.8, 4) is 11.8 Å². The summed E-state index contributed by atoms with van der Waals surface area (Å²) in [6.45, 7) is 6.59. The summed E-state index contributed by atoms with van der Waals surface area (Å²) >= 11 is 0. The molecule has 0 bridgehead atoms. The summed E-state index contributed by atoms with van der Waals surface area (Å²) in [5.74, 6) is 1.75. The zero-order valence-electron chi connectivity index (χ0n) is 11.1. The van der Waals surface area contributed by atoms with Crippen molar-refractivity contribution in [2.45, 2.75) is 20.8 Å². The molecule has 2 heterocycles. The van der Waals surface area contributed by atoms with Gasteiger partial charge in [-0.2, -0.15) is 10.1 Å². The van der Waals surface area contributed by atoms with Crippen LogP contribution in [0.2, 0.25) is 0 Å². The van der Waals surface area contributed by atoms with Crippen molar-refractivity contribution in [1.29, 1.82) is 0 Å². The van der Waals surface area contributed by atoms with Crippen molar-refractivity contribution >= 4 is 5.95 Å². The van der Waals surface area contributed by atoms with E-state index in [2.05, 4.69) is 20.4 Å². The van der Waals surface area contributed by atoms with Gasteiger partial charge in [0.1, 0.15) is 0 Å². The van der Waals surface area contributed by atoms with Gasteiger partial charge in [-0.3, -0.25) is 0 Å². The van der Waals surface area contributed by atoms with Gasteiger partial charge in [-0.15, -0.1) is 0 Å². The Morgan fingerprint density at radius 3 is 2.61 bits per heavy atom. The smallest absolute Gasteiger partial charge is 0.226 e. The fraction of sp³-hybridized carbons (Fsp3) is 0.417. The van der Waals surface area contributed by atoms with Gasteiger partial charge in [0, 0.05) is 31.4 Å². The van der Waals surface area contributed by atoms with Crippen LogP contribution in [0.4, 0.5) is 5.95 Å². The number of aryl methyl sites for hydroxylation is 3. The Morgan fingerprint density at radius 1 is 1.22 bits per heavy atom. The third-order valence-corrected chi connectivity index (χ3v) is 2.33. The highest BCUT2D eigenvalue weighted by Crippen LogP contribution is 2.21. The van der Waals surface area contributed by atoms with Crippen LogP contribution in [0.1, 0.15) is 18.3 Å². The lowest BCUT2D eigenvalue weighted by Gasteiger charge is -2.07. The van der Waals surface area contributed by atoms with Gasteiger partial charge < -0.3 is 10.1 Å². The maximum Gasteiger partial charge on any atom is 0.226 e. The SMILES string of the molecule is CCNc1nc(C)cc(Oc2cc(C)nn2C)n1. The molecule has 18 heavy (non-hydrogen) atoms. The van der Waals surface area contributed by atoms with Crippen LogP contribution in [-0.2, 0) is 7.05 Å². The van der Waals surface area contributed by atoms with Crippen LogP contribution in [0.15, 0.2) is 12.1 Å². The van der Waals surface area contributed by atoms with Gasteiger partial charge in [0.15, 0.2) is 0 Å². The van der Waals surface area contributed by atoms with Crippen molar-refractivity contribution in [2.75, 3.05) is 11.9 Å². The van der Waals surface area contributed by atoms with E-state index < -0.39 is 0 Å². The van der Waals surface area contributed by atoms with Crippen LogP contribution in [0.3, 0.4) is 0 Å². The minimum absolute atomic E-state index is 0.515. The lowest BCUT2D eigenvalue weighted by Crippen LogP contribution is -2.04. The topological polar surface area (TPSA) is 64.9 Å². The summed E-state index contributed by atoms with van der Waals surface area (Å²) in [7, 11) is 1.83. The molecule has 0 atom stereocenters. The van der Waals surface area contributed by atoms with Gasteiger partial charge in [-0.25, -0.2) is 9.67 Å². The van der Waals surface area contributed by atoms with Gasteiger partial charge >= 0.3 is 0 Å². The molecule has 96 valence electrons. The van der Waals surface area contributed by atoms with Crippen LogP contribution in [0.5, 0.6) is 11.8 Å². The van der Waals surface area contributed by atoms with E-state index >= 15 is 0 Å². The van der Waals surface area contributed by atoms with Gasteiger partial charge in [0.25, 0.3) is 0 Å². The second-order valence-corrected chi connectivity index (χ2v) is 4.05. The van der Waals surface area contributed by atoms with E-state index in [0.29, 0.717) is 17.7 Å². The van der Waals surface area contributed by atoms with E-state index in [-0.39, 0.29) is 0 Å². The van der Waals surface area contributed by atoms with E-state index in [0.717, 1.165) is 17.9 Å². The zero-order chi connectivity index (χ0) is 13.1. The summed E-state index contributed by atoms with van der Waals surface area (Å²) in [4.78, 5) is 8.55. The molecule has 2 aromatic rings. The van der Waals surface area contributed by atoms with Crippen LogP contribution < -0.4 is 10.1 Å². The second-order valence-electron chi connectivity index (χ2n) is 4.05. The maximum atomic E-state index is 5.71. The number of aromatic nitrogens is 4. The minimum Gasteiger partial charge on any atom is -0.421 e. The van der Waals surface area contributed by atoms with E-state index in [4.69, 9.17) is 4.74 Å². The standard InChI is InChI=1S/C12H17N5O/c1-5-13-12-14-8(2)6-10(15-12)18-11-7-9(3)16-17(11)4/h6-7H,5H2,1-4H3,(H,13,14,15). The molecule has 2 aromatic heterocycles. The monoisotopic (exact) mass is 247 g/mol. The molecule has 0 amide bonds. The van der Waals surface area contributed by atoms with Crippen LogP contribution in [0.25, 0.3) is 0 Å². The molecule has 0 unspecified atom stereocenters. The number of ether oxygens (including phenoxy) is 1. The fourth-order valence-corrected chi connectivity index (χ4v) is 1.62. The van der Waals surface area contributed by atoms with E-state index in [1.54, 1.807) is 10.7 Å². The third kappa shape index (κ3) is 2.77. The summed E-state index contributed by atoms with van der Waals surface area (Å²) in [6, 6.07) is 3.66. The Balaban J connectivity index is 2.25. The Morgan fingerprint density at radius 2 is 2.00 bits per heavy atom. The molecule has 6 nitrogen and oxygen atoms in total. The molecule has 0 saturated heterocycles. The van der Waals surface area contributed by atoms with Gasteiger partial charge in [-0.05, 0) is 20.8 Å². The predicted octanol–water partition coefficient (Wildman–Crippen LogP) is 2.05. The molecular formula is C12H17N5O. The number of hydrogen-bond acceptors (Lipinski definition) is 5. The minimum atomic E-state index is 0.515. The zero-order valence-corrected chi connectivity index (χ0v) is 11.1.